The molecule has 3 aliphatic carbocycles. The molecular weight excluding hydrogens is 640 g/mol. The van der Waals surface area contributed by atoms with Crippen molar-refractivity contribution in [1.82, 2.24) is 0 Å². The summed E-state index contributed by atoms with van der Waals surface area (Å²) in [4.78, 5) is 66.9. The Kier molecular flexibility index (Phi) is 10.2. The summed E-state index contributed by atoms with van der Waals surface area (Å²) in [5.74, 6) is 4.19. The Bertz CT molecular complexity index is 1640. The number of hydrogen-bond donors (Lipinski definition) is 3. The van der Waals surface area contributed by atoms with E-state index in [1.807, 2.05) is 0 Å². The summed E-state index contributed by atoms with van der Waals surface area (Å²) in [6.07, 6.45) is -4.56. The molecule has 3 N–H and O–H groups in total. The van der Waals surface area contributed by atoms with Crippen LogP contribution in [0.15, 0.2) is 11.1 Å². The highest BCUT2D eigenvalue weighted by molar-refractivity contribution is 5.95. The quantitative estimate of drug-likeness (QED) is 0.116. The van der Waals surface area contributed by atoms with Crippen LogP contribution in [-0.4, -0.2) is 99.4 Å². The molecule has 0 spiro atoms. The van der Waals surface area contributed by atoms with Gasteiger partial charge in [0, 0.05) is 38.0 Å². The number of aliphatic hydroxyl groups excluding tert-OH is 2. The molecule has 2 saturated carbocycles. The van der Waals surface area contributed by atoms with Crippen LogP contribution in [0.5, 0.6) is 0 Å². The first-order valence-electron chi connectivity index (χ1n) is 15.9. The van der Waals surface area contributed by atoms with Crippen LogP contribution < -0.4 is 0 Å². The van der Waals surface area contributed by atoms with Crippen LogP contribution in [0.25, 0.3) is 0 Å². The van der Waals surface area contributed by atoms with E-state index >= 15 is 4.79 Å². The van der Waals surface area contributed by atoms with Gasteiger partial charge in [-0.1, -0.05) is 27.7 Å². The van der Waals surface area contributed by atoms with Crippen molar-refractivity contribution in [3.05, 3.63) is 11.1 Å². The highest BCUT2D eigenvalue weighted by Crippen LogP contribution is 2.64. The van der Waals surface area contributed by atoms with Gasteiger partial charge < -0.3 is 39.0 Å². The topological polar surface area (TPSA) is 192 Å². The molecule has 0 aromatic rings. The van der Waals surface area contributed by atoms with Gasteiger partial charge in [-0.3, -0.25) is 14.4 Å². The first-order valence-corrected chi connectivity index (χ1v) is 15.9. The summed E-state index contributed by atoms with van der Waals surface area (Å²) < 4.78 is 29.1. The number of aliphatic hydroxyl groups is 3. The van der Waals surface area contributed by atoms with Gasteiger partial charge in [-0.05, 0) is 54.6 Å². The molecule has 0 amide bonds. The fourth-order valence-corrected chi connectivity index (χ4v) is 8.04. The summed E-state index contributed by atoms with van der Waals surface area (Å²) >= 11 is 0. The average molecular weight is 683 g/mol. The monoisotopic (exact) mass is 682 g/mol. The van der Waals surface area contributed by atoms with Crippen LogP contribution in [0.3, 0.4) is 0 Å². The van der Waals surface area contributed by atoms with Crippen molar-refractivity contribution in [1.29, 1.82) is 0 Å². The smallest absolute Gasteiger partial charge is 0.385 e. The average Bonchev–Trinajstić information content (AvgIpc) is 3.00. The van der Waals surface area contributed by atoms with Gasteiger partial charge in [0.2, 0.25) is 0 Å². The molecule has 10 atom stereocenters. The number of fused-ring (bicyclic) bond motifs is 5. The van der Waals surface area contributed by atoms with Crippen LogP contribution in [0.2, 0.25) is 0 Å². The van der Waals surface area contributed by atoms with Crippen LogP contribution in [0, 0.1) is 58.7 Å². The van der Waals surface area contributed by atoms with Crippen LogP contribution in [0.1, 0.15) is 68.2 Å². The third kappa shape index (κ3) is 6.02. The lowest BCUT2D eigenvalue weighted by Crippen LogP contribution is -2.82. The van der Waals surface area contributed by atoms with E-state index in [0.29, 0.717) is 0 Å². The zero-order valence-electron chi connectivity index (χ0n) is 28.7. The maximum Gasteiger partial charge on any atom is 0.385 e. The second-order valence-corrected chi connectivity index (χ2v) is 14.1. The van der Waals surface area contributed by atoms with E-state index in [0.717, 1.165) is 13.8 Å². The Labute approximate surface area is 285 Å². The predicted molar refractivity (Wildman–Crippen MR) is 168 cm³/mol. The van der Waals surface area contributed by atoms with Gasteiger partial charge in [0.1, 0.15) is 23.9 Å². The Morgan fingerprint density at radius 2 is 1.67 bits per heavy atom. The lowest BCUT2D eigenvalue weighted by molar-refractivity contribution is -0.347. The van der Waals surface area contributed by atoms with Gasteiger partial charge in [0.05, 0.1) is 24.0 Å². The molecule has 3 fully saturated rings. The summed E-state index contributed by atoms with van der Waals surface area (Å²) in [5.41, 5.74) is -7.43. The molecular formula is C36H42O13. The van der Waals surface area contributed by atoms with E-state index in [2.05, 4.69) is 29.6 Å². The Hall–Kier alpha value is -4.19. The number of rotatable bonds is 6. The summed E-state index contributed by atoms with van der Waals surface area (Å²) in [7, 11) is 0. The van der Waals surface area contributed by atoms with E-state index in [1.165, 1.54) is 27.7 Å². The van der Waals surface area contributed by atoms with Crippen molar-refractivity contribution in [3.63, 3.8) is 0 Å². The molecule has 0 radical (unpaired) electrons. The van der Waals surface area contributed by atoms with Crippen molar-refractivity contribution < 1.29 is 63.0 Å². The number of esters is 4. The third-order valence-electron chi connectivity index (χ3n) is 10.7. The zero-order valence-corrected chi connectivity index (χ0v) is 28.7. The van der Waals surface area contributed by atoms with E-state index in [9.17, 15) is 34.5 Å². The van der Waals surface area contributed by atoms with Crippen molar-refractivity contribution in [2.45, 2.75) is 116 Å². The molecule has 4 rings (SSSR count). The number of hydrogen-bond acceptors (Lipinski definition) is 13. The second-order valence-electron chi connectivity index (χ2n) is 14.1. The minimum Gasteiger partial charge on any atom is -0.456 e. The van der Waals surface area contributed by atoms with Crippen molar-refractivity contribution in [2.75, 3.05) is 6.61 Å². The molecule has 13 heteroatoms. The largest absolute Gasteiger partial charge is 0.456 e. The fraction of sp³-hybridized carbons (Fsp3) is 0.639. The van der Waals surface area contributed by atoms with Gasteiger partial charge in [-0.25, -0.2) is 9.59 Å². The lowest BCUT2D eigenvalue weighted by atomic mass is 9.44. The van der Waals surface area contributed by atoms with Crippen LogP contribution in [-0.2, 0) is 47.7 Å². The van der Waals surface area contributed by atoms with E-state index in [-0.39, 0.29) is 24.2 Å². The lowest BCUT2D eigenvalue weighted by Gasteiger charge is -2.67. The third-order valence-corrected chi connectivity index (χ3v) is 10.7. The Morgan fingerprint density at radius 3 is 2.20 bits per heavy atom. The molecule has 1 heterocycles. The molecule has 1 saturated heterocycles. The van der Waals surface area contributed by atoms with E-state index in [1.54, 1.807) is 13.8 Å². The molecule has 49 heavy (non-hydrogen) atoms. The molecule has 2 bridgehead atoms. The van der Waals surface area contributed by atoms with Gasteiger partial charge in [0.15, 0.2) is 23.6 Å². The number of carbonyl (C=O) groups is 5. The number of Topliss-reactive ketones (excluding diaryl/α,β-unsaturated/α-hetero) is 1. The molecule has 0 aromatic heterocycles. The van der Waals surface area contributed by atoms with E-state index in [4.69, 9.17) is 30.1 Å². The molecule has 1 aliphatic heterocycles. The maximum atomic E-state index is 15.1. The summed E-state index contributed by atoms with van der Waals surface area (Å²) in [6, 6.07) is 0. The Balaban J connectivity index is 2.10. The first kappa shape index (κ1) is 37.6. The molecule has 0 aromatic carbocycles. The molecule has 9 unspecified atom stereocenters. The minimum atomic E-state index is -2.33. The van der Waals surface area contributed by atoms with Crippen molar-refractivity contribution in [2.24, 2.45) is 22.7 Å². The van der Waals surface area contributed by atoms with Gasteiger partial charge in [-0.15, -0.1) is 6.42 Å². The number of carbonyl (C=O) groups excluding carboxylic acids is 5. The SMILES string of the molecule is C#CC#CC#CC(=O)OC1C2C(C)(C(=O)C(OC(C)=O)C3=C(C)C(OC(=O)C(O)C(C)C)CC1(O)C3(C)C)C(O)CC1OC[C@]12OC(C)=O. The van der Waals surface area contributed by atoms with Crippen molar-refractivity contribution >= 4 is 29.7 Å². The Morgan fingerprint density at radius 1 is 1.02 bits per heavy atom. The standard InChI is InChI=1S/C36H42O13/c1-10-11-12-13-14-25(40)48-31-29-34(9,23(39)15-24-35(29,17-45-24)49-21(6)38)30(42)28(46-20(5)37)26-19(4)22(16-36(31,44)33(26,7)8)47-32(43)27(41)18(2)3/h1,18,22-24,27-29,31,39,41,44H,15-17H2,2-9H3/t22?,23?,24?,27?,28?,29?,31?,34?,35-,36?/m0/s1. The number of ketones is 1. The fourth-order valence-electron chi connectivity index (χ4n) is 8.04. The normalized spacial score (nSPS) is 36.2. The van der Waals surface area contributed by atoms with Gasteiger partial charge in [-0.2, -0.15) is 0 Å². The van der Waals surface area contributed by atoms with Crippen molar-refractivity contribution in [3.8, 4) is 36.0 Å². The zero-order chi connectivity index (χ0) is 36.9. The minimum absolute atomic E-state index is 0.0331. The summed E-state index contributed by atoms with van der Waals surface area (Å²) in [6.45, 7) is 11.1. The highest BCUT2D eigenvalue weighted by Gasteiger charge is 2.78. The van der Waals surface area contributed by atoms with Gasteiger partial charge >= 0.3 is 23.9 Å². The summed E-state index contributed by atoms with van der Waals surface area (Å²) in [5, 5.41) is 35.5. The van der Waals surface area contributed by atoms with E-state index < -0.39 is 107 Å². The molecule has 13 nitrogen and oxygen atoms in total. The predicted octanol–water partition coefficient (Wildman–Crippen LogP) is 0.547. The van der Waals surface area contributed by atoms with Gasteiger partial charge in [0.25, 0.3) is 0 Å². The first-order chi connectivity index (χ1) is 22.7. The number of terminal acetylenes is 1. The number of ether oxygens (including phenoxy) is 5. The van der Waals surface area contributed by atoms with Crippen LogP contribution in [0.4, 0.5) is 0 Å². The maximum absolute atomic E-state index is 15.1. The highest BCUT2D eigenvalue weighted by atomic mass is 16.6. The molecule has 4 aliphatic rings. The molecule has 264 valence electrons. The van der Waals surface area contributed by atoms with Crippen LogP contribution >= 0.6 is 0 Å². The second kappa shape index (κ2) is 13.3.